The van der Waals surface area contributed by atoms with E-state index in [1.807, 2.05) is 0 Å². The predicted octanol–water partition coefficient (Wildman–Crippen LogP) is 2.38. The molecule has 104 valence electrons. The van der Waals surface area contributed by atoms with Crippen LogP contribution < -0.4 is 0 Å². The number of rotatable bonds is 4. The fraction of sp³-hybridized carbons (Fsp3) is 0.462. The first-order valence-electron chi connectivity index (χ1n) is 6.13. The number of benzene rings is 1. The maximum absolute atomic E-state index is 13.5. The second-order valence-corrected chi connectivity index (χ2v) is 7.11. The molecule has 0 unspecified atom stereocenters. The fourth-order valence-corrected chi connectivity index (χ4v) is 4.35. The van der Waals surface area contributed by atoms with Crippen molar-refractivity contribution in [3.63, 3.8) is 0 Å². The van der Waals surface area contributed by atoms with E-state index in [4.69, 9.17) is 5.11 Å². The minimum atomic E-state index is -3.28. The Kier molecular flexibility index (Phi) is 3.89. The summed E-state index contributed by atoms with van der Waals surface area (Å²) in [6.07, 6.45) is 3.16. The molecule has 0 heterocycles. The third-order valence-electron chi connectivity index (χ3n) is 3.44. The molecular formula is C13H15FO4S. The first-order valence-corrected chi connectivity index (χ1v) is 7.85. The Morgan fingerprint density at radius 2 is 1.95 bits per heavy atom. The van der Waals surface area contributed by atoms with Crippen molar-refractivity contribution >= 4 is 15.8 Å². The van der Waals surface area contributed by atoms with Crippen molar-refractivity contribution in [1.29, 1.82) is 0 Å². The van der Waals surface area contributed by atoms with E-state index in [2.05, 4.69) is 0 Å². The highest BCUT2D eigenvalue weighted by Gasteiger charge is 2.29. The molecular weight excluding hydrogens is 271 g/mol. The molecule has 0 amide bonds. The molecule has 1 saturated carbocycles. The lowest BCUT2D eigenvalue weighted by Gasteiger charge is -2.11. The molecule has 1 aromatic rings. The van der Waals surface area contributed by atoms with Crippen LogP contribution in [0.3, 0.4) is 0 Å². The van der Waals surface area contributed by atoms with Gasteiger partial charge in [-0.1, -0.05) is 18.9 Å². The molecule has 1 fully saturated rings. The maximum atomic E-state index is 13.5. The van der Waals surface area contributed by atoms with Gasteiger partial charge in [-0.25, -0.2) is 17.6 Å². The summed E-state index contributed by atoms with van der Waals surface area (Å²) >= 11 is 0. The lowest BCUT2D eigenvalue weighted by molar-refractivity contribution is 0.0692. The van der Waals surface area contributed by atoms with Crippen molar-refractivity contribution in [1.82, 2.24) is 0 Å². The van der Waals surface area contributed by atoms with Gasteiger partial charge in [-0.15, -0.1) is 0 Å². The number of halogens is 1. The molecule has 2 rings (SSSR count). The topological polar surface area (TPSA) is 71.4 Å². The van der Waals surface area contributed by atoms with Gasteiger partial charge in [-0.05, 0) is 30.5 Å². The van der Waals surface area contributed by atoms with Crippen LogP contribution in [0.1, 0.15) is 41.6 Å². The molecule has 19 heavy (non-hydrogen) atoms. The number of carboxylic acids is 1. The average Bonchev–Trinajstić information content (AvgIpc) is 2.81. The smallest absolute Gasteiger partial charge is 0.338 e. The molecule has 6 heteroatoms. The van der Waals surface area contributed by atoms with E-state index < -0.39 is 27.2 Å². The molecule has 0 atom stereocenters. The fourth-order valence-electron chi connectivity index (χ4n) is 2.42. The minimum absolute atomic E-state index is 0.228. The van der Waals surface area contributed by atoms with Crippen LogP contribution in [-0.4, -0.2) is 24.7 Å². The van der Waals surface area contributed by atoms with Crippen molar-refractivity contribution in [2.24, 2.45) is 0 Å². The van der Waals surface area contributed by atoms with E-state index in [1.54, 1.807) is 0 Å². The first-order chi connectivity index (χ1) is 8.90. The van der Waals surface area contributed by atoms with Crippen LogP contribution in [0.15, 0.2) is 18.2 Å². The van der Waals surface area contributed by atoms with E-state index >= 15 is 0 Å². The highest BCUT2D eigenvalue weighted by molar-refractivity contribution is 7.91. The van der Waals surface area contributed by atoms with E-state index in [0.717, 1.165) is 25.0 Å². The third-order valence-corrected chi connectivity index (χ3v) is 5.66. The molecule has 1 aliphatic rings. The molecule has 0 radical (unpaired) electrons. The molecule has 0 spiro atoms. The Bertz CT molecular complexity index is 589. The van der Waals surface area contributed by atoms with Crippen LogP contribution in [0.5, 0.6) is 0 Å². The summed E-state index contributed by atoms with van der Waals surface area (Å²) in [6.45, 7) is 0. The van der Waals surface area contributed by atoms with Crippen LogP contribution >= 0.6 is 0 Å². The van der Waals surface area contributed by atoms with Gasteiger partial charge in [0.1, 0.15) is 5.82 Å². The van der Waals surface area contributed by atoms with Crippen molar-refractivity contribution < 1.29 is 22.7 Å². The zero-order chi connectivity index (χ0) is 14.0. The van der Waals surface area contributed by atoms with Gasteiger partial charge >= 0.3 is 5.97 Å². The normalized spacial score (nSPS) is 16.7. The number of hydrogen-bond acceptors (Lipinski definition) is 3. The van der Waals surface area contributed by atoms with Crippen LogP contribution in [0.4, 0.5) is 4.39 Å². The lowest BCUT2D eigenvalue weighted by Crippen LogP contribution is -2.19. The Hall–Kier alpha value is -1.43. The van der Waals surface area contributed by atoms with E-state index in [1.165, 1.54) is 6.07 Å². The molecule has 1 N–H and O–H groups in total. The predicted molar refractivity (Wildman–Crippen MR) is 68.2 cm³/mol. The summed E-state index contributed by atoms with van der Waals surface area (Å²) < 4.78 is 37.7. The third kappa shape index (κ3) is 3.12. The summed E-state index contributed by atoms with van der Waals surface area (Å²) in [4.78, 5) is 10.7. The first kappa shape index (κ1) is 14.0. The molecule has 1 aliphatic carbocycles. The van der Waals surface area contributed by atoms with Crippen LogP contribution in [0.25, 0.3) is 0 Å². The second-order valence-electron chi connectivity index (χ2n) is 4.83. The summed E-state index contributed by atoms with van der Waals surface area (Å²) in [7, 11) is -3.28. The number of hydrogen-bond donors (Lipinski definition) is 1. The summed E-state index contributed by atoms with van der Waals surface area (Å²) in [6, 6.07) is 3.46. The maximum Gasteiger partial charge on any atom is 0.338 e. The molecule has 0 saturated heterocycles. The number of carboxylic acid groups (broad SMARTS) is 1. The zero-order valence-electron chi connectivity index (χ0n) is 10.3. The Morgan fingerprint density at radius 3 is 2.47 bits per heavy atom. The van der Waals surface area contributed by atoms with Crippen molar-refractivity contribution in [3.8, 4) is 0 Å². The molecule has 4 nitrogen and oxygen atoms in total. The highest BCUT2D eigenvalue weighted by Crippen LogP contribution is 2.27. The minimum Gasteiger partial charge on any atom is -0.478 e. The summed E-state index contributed by atoms with van der Waals surface area (Å²) in [5, 5.41) is 8.37. The van der Waals surface area contributed by atoms with Gasteiger partial charge in [-0.3, -0.25) is 0 Å². The standard InChI is InChI=1S/C13H15FO4S/c14-12-7-9(5-6-11(12)13(15)16)8-19(17,18)10-3-1-2-4-10/h5-7,10H,1-4,8H2,(H,15,16). The van der Waals surface area contributed by atoms with E-state index in [0.29, 0.717) is 18.4 Å². The van der Waals surface area contributed by atoms with Crippen molar-refractivity contribution in [2.45, 2.75) is 36.7 Å². The number of carbonyl (C=O) groups is 1. The zero-order valence-corrected chi connectivity index (χ0v) is 11.1. The van der Waals surface area contributed by atoms with Crippen molar-refractivity contribution in [3.05, 3.63) is 35.1 Å². The SMILES string of the molecule is O=C(O)c1ccc(CS(=O)(=O)C2CCCC2)cc1F. The summed E-state index contributed by atoms with van der Waals surface area (Å²) in [5.41, 5.74) is -0.142. The largest absolute Gasteiger partial charge is 0.478 e. The molecule has 0 bridgehead atoms. The van der Waals surface area contributed by atoms with Gasteiger partial charge in [0.05, 0.1) is 16.6 Å². The molecule has 0 aromatic heterocycles. The van der Waals surface area contributed by atoms with Gasteiger partial charge in [0, 0.05) is 0 Å². The van der Waals surface area contributed by atoms with E-state index in [-0.39, 0.29) is 11.0 Å². The van der Waals surface area contributed by atoms with Crippen molar-refractivity contribution in [2.75, 3.05) is 0 Å². The highest BCUT2D eigenvalue weighted by atomic mass is 32.2. The second kappa shape index (κ2) is 5.28. The van der Waals surface area contributed by atoms with Gasteiger partial charge in [0.25, 0.3) is 0 Å². The number of sulfone groups is 1. The van der Waals surface area contributed by atoms with Crippen LogP contribution in [0.2, 0.25) is 0 Å². The van der Waals surface area contributed by atoms with Crippen LogP contribution in [-0.2, 0) is 15.6 Å². The Balaban J connectivity index is 2.19. The van der Waals surface area contributed by atoms with E-state index in [9.17, 15) is 17.6 Å². The summed E-state index contributed by atoms with van der Waals surface area (Å²) in [5.74, 6) is -2.48. The van der Waals surface area contributed by atoms with Gasteiger partial charge in [0.15, 0.2) is 9.84 Å². The van der Waals surface area contributed by atoms with Crippen LogP contribution in [0, 0.1) is 5.82 Å². The lowest BCUT2D eigenvalue weighted by atomic mass is 10.1. The Morgan fingerprint density at radius 1 is 1.32 bits per heavy atom. The van der Waals surface area contributed by atoms with Gasteiger partial charge in [-0.2, -0.15) is 0 Å². The molecule has 0 aliphatic heterocycles. The number of aromatic carboxylic acids is 1. The Labute approximate surface area is 111 Å². The average molecular weight is 286 g/mol. The monoisotopic (exact) mass is 286 g/mol. The molecule has 1 aromatic carbocycles. The van der Waals surface area contributed by atoms with Gasteiger partial charge in [0.2, 0.25) is 0 Å². The quantitative estimate of drug-likeness (QED) is 0.922. The van der Waals surface area contributed by atoms with Gasteiger partial charge < -0.3 is 5.11 Å².